The molecule has 29 heavy (non-hydrogen) atoms. The molecule has 2 saturated heterocycles. The van der Waals surface area contributed by atoms with Crippen LogP contribution in [0.5, 0.6) is 11.6 Å². The van der Waals surface area contributed by atoms with Crippen LogP contribution in [-0.4, -0.2) is 63.1 Å². The molecule has 3 aromatic rings. The molecule has 8 nitrogen and oxygen atoms in total. The predicted octanol–water partition coefficient (Wildman–Crippen LogP) is 2.09. The second-order valence-electron chi connectivity index (χ2n) is 7.32. The molecule has 2 aliphatic heterocycles. The zero-order valence-corrected chi connectivity index (χ0v) is 15.5. The van der Waals surface area contributed by atoms with Crippen molar-refractivity contribution in [1.29, 1.82) is 0 Å². The standard InChI is InChI=1S/C20H20FN5O3/c21-20-16-10-28-9-13(24-16)6-18(20)29-19-4-3-15(25-26-19)14-2-1-11(5-17(14)27)12-7-22-23-8-12/h1-5,7-8,13,16,18,20,24,27H,6,9-10H2,(H,22,23)/t13?,16?,18-,20+/m0/s1. The summed E-state index contributed by atoms with van der Waals surface area (Å²) in [5.74, 6) is 0.346. The van der Waals surface area contributed by atoms with E-state index in [-0.39, 0.29) is 23.7 Å². The first-order valence-corrected chi connectivity index (χ1v) is 9.48. The van der Waals surface area contributed by atoms with Crippen LogP contribution in [0, 0.1) is 0 Å². The van der Waals surface area contributed by atoms with Gasteiger partial charge in [0.15, 0.2) is 6.17 Å². The summed E-state index contributed by atoms with van der Waals surface area (Å²) in [6.45, 7) is 0.901. The molecule has 2 bridgehead atoms. The molecule has 5 rings (SSSR count). The first-order valence-electron chi connectivity index (χ1n) is 9.48. The number of nitrogens with zero attached hydrogens (tertiary/aromatic N) is 3. The van der Waals surface area contributed by atoms with Gasteiger partial charge in [-0.05, 0) is 23.8 Å². The number of morpholine rings is 1. The molecular formula is C20H20FN5O3. The average molecular weight is 397 g/mol. The zero-order valence-electron chi connectivity index (χ0n) is 15.5. The van der Waals surface area contributed by atoms with Gasteiger partial charge in [0.1, 0.15) is 11.9 Å². The number of hydrogen-bond donors (Lipinski definition) is 3. The fourth-order valence-corrected chi connectivity index (χ4v) is 3.86. The molecule has 0 saturated carbocycles. The van der Waals surface area contributed by atoms with Crippen LogP contribution >= 0.6 is 0 Å². The lowest BCUT2D eigenvalue weighted by atomic mass is 9.93. The topological polar surface area (TPSA) is 105 Å². The van der Waals surface area contributed by atoms with Crippen molar-refractivity contribution in [3.63, 3.8) is 0 Å². The summed E-state index contributed by atoms with van der Waals surface area (Å²) in [7, 11) is 0. The third-order valence-corrected chi connectivity index (χ3v) is 5.34. The van der Waals surface area contributed by atoms with Crippen LogP contribution in [0.25, 0.3) is 22.4 Å². The summed E-state index contributed by atoms with van der Waals surface area (Å²) < 4.78 is 25.8. The molecule has 150 valence electrons. The van der Waals surface area contributed by atoms with E-state index in [9.17, 15) is 9.50 Å². The number of aromatic amines is 1. The molecule has 9 heteroatoms. The fraction of sp³-hybridized carbons (Fsp3) is 0.350. The maximum atomic E-state index is 14.6. The van der Waals surface area contributed by atoms with Gasteiger partial charge >= 0.3 is 0 Å². The molecule has 0 spiro atoms. The van der Waals surface area contributed by atoms with Crippen LogP contribution in [-0.2, 0) is 4.74 Å². The number of fused-ring (bicyclic) bond motifs is 2. The highest BCUT2D eigenvalue weighted by Crippen LogP contribution is 2.32. The predicted molar refractivity (Wildman–Crippen MR) is 102 cm³/mol. The second-order valence-corrected chi connectivity index (χ2v) is 7.32. The number of aromatic nitrogens is 4. The van der Waals surface area contributed by atoms with Gasteiger partial charge in [-0.15, -0.1) is 10.2 Å². The van der Waals surface area contributed by atoms with E-state index in [2.05, 4.69) is 25.7 Å². The Morgan fingerprint density at radius 3 is 2.83 bits per heavy atom. The monoisotopic (exact) mass is 397 g/mol. The Bertz CT molecular complexity index is 982. The van der Waals surface area contributed by atoms with Gasteiger partial charge in [0.25, 0.3) is 0 Å². The van der Waals surface area contributed by atoms with E-state index in [4.69, 9.17) is 9.47 Å². The molecule has 2 aromatic heterocycles. The van der Waals surface area contributed by atoms with Gasteiger partial charge in [-0.25, -0.2) is 4.39 Å². The van der Waals surface area contributed by atoms with Gasteiger partial charge < -0.3 is 19.9 Å². The Balaban J connectivity index is 1.31. The number of ether oxygens (including phenoxy) is 2. The summed E-state index contributed by atoms with van der Waals surface area (Å²) in [6.07, 6.45) is 2.18. The van der Waals surface area contributed by atoms with Crippen LogP contribution in [0.3, 0.4) is 0 Å². The first-order chi connectivity index (χ1) is 14.2. The van der Waals surface area contributed by atoms with Crippen molar-refractivity contribution in [3.05, 3.63) is 42.7 Å². The zero-order chi connectivity index (χ0) is 19.8. The van der Waals surface area contributed by atoms with Crippen LogP contribution in [0.2, 0.25) is 0 Å². The maximum absolute atomic E-state index is 14.6. The summed E-state index contributed by atoms with van der Waals surface area (Å²) in [5, 5.41) is 28.5. The number of piperidine rings is 1. The SMILES string of the molecule is Oc1cc(-c2cn[nH]c2)ccc1-c1ccc(O[C@H]2CC3COCC(N3)[C@H]2F)nn1. The number of benzene rings is 1. The number of rotatable bonds is 4. The van der Waals surface area contributed by atoms with Crippen LogP contribution in [0.1, 0.15) is 6.42 Å². The van der Waals surface area contributed by atoms with Crippen LogP contribution < -0.4 is 10.1 Å². The average Bonchev–Trinajstić information content (AvgIpc) is 3.28. The summed E-state index contributed by atoms with van der Waals surface area (Å²) in [5.41, 5.74) is 2.76. The Hall–Kier alpha value is -3.04. The number of aromatic hydroxyl groups is 1. The van der Waals surface area contributed by atoms with E-state index in [1.165, 1.54) is 0 Å². The fourth-order valence-electron chi connectivity index (χ4n) is 3.86. The van der Waals surface area contributed by atoms with Crippen molar-refractivity contribution in [2.45, 2.75) is 30.8 Å². The minimum absolute atomic E-state index is 0.0849. The van der Waals surface area contributed by atoms with Gasteiger partial charge in [-0.1, -0.05) is 6.07 Å². The van der Waals surface area contributed by atoms with Crippen molar-refractivity contribution in [2.75, 3.05) is 13.2 Å². The molecular weight excluding hydrogens is 377 g/mol. The molecule has 3 N–H and O–H groups in total. The van der Waals surface area contributed by atoms with E-state index in [1.54, 1.807) is 36.7 Å². The highest BCUT2D eigenvalue weighted by Gasteiger charge is 2.42. The number of alkyl halides is 1. The number of nitrogens with one attached hydrogen (secondary N) is 2. The van der Waals surface area contributed by atoms with Crippen LogP contribution in [0.4, 0.5) is 4.39 Å². The molecule has 4 atom stereocenters. The molecule has 0 aliphatic carbocycles. The maximum Gasteiger partial charge on any atom is 0.233 e. The summed E-state index contributed by atoms with van der Waals surface area (Å²) in [6, 6.07) is 8.37. The Labute approximate surface area is 166 Å². The first kappa shape index (κ1) is 18.0. The molecule has 4 heterocycles. The molecule has 0 radical (unpaired) electrons. The lowest BCUT2D eigenvalue weighted by Gasteiger charge is -2.41. The number of H-pyrrole nitrogens is 1. The number of hydrogen-bond acceptors (Lipinski definition) is 7. The number of halogens is 1. The summed E-state index contributed by atoms with van der Waals surface area (Å²) >= 11 is 0. The molecule has 2 fully saturated rings. The molecule has 2 unspecified atom stereocenters. The third kappa shape index (κ3) is 3.54. The Kier molecular flexibility index (Phi) is 4.61. The van der Waals surface area contributed by atoms with Crippen molar-refractivity contribution in [3.8, 4) is 34.0 Å². The smallest absolute Gasteiger partial charge is 0.233 e. The minimum atomic E-state index is -1.17. The van der Waals surface area contributed by atoms with Crippen LogP contribution in [0.15, 0.2) is 42.7 Å². The van der Waals surface area contributed by atoms with Gasteiger partial charge in [0.2, 0.25) is 5.88 Å². The number of phenolic OH excluding ortho intramolecular Hbond substituents is 1. The largest absolute Gasteiger partial charge is 0.507 e. The van der Waals surface area contributed by atoms with E-state index in [0.717, 1.165) is 11.1 Å². The van der Waals surface area contributed by atoms with Crippen molar-refractivity contribution in [1.82, 2.24) is 25.7 Å². The third-order valence-electron chi connectivity index (χ3n) is 5.34. The van der Waals surface area contributed by atoms with Crippen molar-refractivity contribution in [2.24, 2.45) is 0 Å². The normalized spacial score (nSPS) is 26.2. The molecule has 2 aliphatic rings. The number of phenols is 1. The lowest BCUT2D eigenvalue weighted by molar-refractivity contribution is -0.0594. The van der Waals surface area contributed by atoms with Gasteiger partial charge in [-0.2, -0.15) is 5.10 Å². The van der Waals surface area contributed by atoms with E-state index in [0.29, 0.717) is 30.9 Å². The molecule has 0 amide bonds. The summed E-state index contributed by atoms with van der Waals surface area (Å²) in [4.78, 5) is 0. The van der Waals surface area contributed by atoms with Crippen molar-refractivity contribution < 1.29 is 19.0 Å². The highest BCUT2D eigenvalue weighted by atomic mass is 19.1. The van der Waals surface area contributed by atoms with E-state index >= 15 is 0 Å². The lowest BCUT2D eigenvalue weighted by Crippen LogP contribution is -2.62. The quantitative estimate of drug-likeness (QED) is 0.619. The highest BCUT2D eigenvalue weighted by molar-refractivity contribution is 5.73. The van der Waals surface area contributed by atoms with Gasteiger partial charge in [0.05, 0.1) is 31.1 Å². The van der Waals surface area contributed by atoms with E-state index in [1.807, 2.05) is 6.07 Å². The minimum Gasteiger partial charge on any atom is -0.507 e. The van der Waals surface area contributed by atoms with Gasteiger partial charge in [0, 0.05) is 35.9 Å². The van der Waals surface area contributed by atoms with Gasteiger partial charge in [-0.3, -0.25) is 5.10 Å². The van der Waals surface area contributed by atoms with Crippen molar-refractivity contribution >= 4 is 0 Å². The molecule has 1 aromatic carbocycles. The Morgan fingerprint density at radius 2 is 2.07 bits per heavy atom. The second kappa shape index (κ2) is 7.41. The Morgan fingerprint density at radius 1 is 1.14 bits per heavy atom. The van der Waals surface area contributed by atoms with E-state index < -0.39 is 12.3 Å².